The number of para-hydroxylation sites is 1. The molecule has 0 saturated carbocycles. The molecule has 2 aromatic rings. The van der Waals surface area contributed by atoms with E-state index in [0.717, 1.165) is 10.6 Å². The molecule has 6 heteroatoms. The van der Waals surface area contributed by atoms with E-state index in [1.54, 1.807) is 0 Å². The Kier molecular flexibility index (Phi) is 1.90. The summed E-state index contributed by atoms with van der Waals surface area (Å²) in [6, 6.07) is 7.74. The lowest BCUT2D eigenvalue weighted by Crippen LogP contribution is -2.18. The van der Waals surface area contributed by atoms with Crippen molar-refractivity contribution in [2.24, 2.45) is 0 Å². The number of fused-ring (bicyclic) bond motifs is 2. The monoisotopic (exact) mass is 232 g/mol. The molecule has 1 aromatic carbocycles. The number of hydrogen-bond acceptors (Lipinski definition) is 5. The molecule has 3 rings (SSSR count). The Hall–Kier alpha value is -1.95. The second kappa shape index (κ2) is 3.28. The zero-order valence-electron chi connectivity index (χ0n) is 8.15. The summed E-state index contributed by atoms with van der Waals surface area (Å²) >= 11 is 1.44. The second-order valence-electron chi connectivity index (χ2n) is 3.35. The van der Waals surface area contributed by atoms with E-state index in [9.17, 15) is 4.79 Å². The molecule has 0 spiro atoms. The zero-order chi connectivity index (χ0) is 11.1. The van der Waals surface area contributed by atoms with Gasteiger partial charge in [-0.05, 0) is 12.1 Å². The van der Waals surface area contributed by atoms with Crippen molar-refractivity contribution in [2.75, 3.05) is 11.1 Å². The minimum Gasteiger partial charge on any atom is -0.369 e. The highest BCUT2D eigenvalue weighted by molar-refractivity contribution is 7.99. The summed E-state index contributed by atoms with van der Waals surface area (Å²) in [6.07, 6.45) is 0. The van der Waals surface area contributed by atoms with Crippen LogP contribution in [0, 0.1) is 0 Å². The zero-order valence-corrected chi connectivity index (χ0v) is 8.97. The maximum atomic E-state index is 11.6. The van der Waals surface area contributed by atoms with E-state index in [1.807, 2.05) is 24.3 Å². The molecule has 16 heavy (non-hydrogen) atoms. The Labute approximate surface area is 95.1 Å². The fraction of sp³-hybridized carbons (Fsp3) is 0. The van der Waals surface area contributed by atoms with Gasteiger partial charge in [-0.3, -0.25) is 9.78 Å². The summed E-state index contributed by atoms with van der Waals surface area (Å²) in [7, 11) is 0. The largest absolute Gasteiger partial charge is 0.369 e. The number of nitrogens with one attached hydrogen (secondary N) is 2. The van der Waals surface area contributed by atoms with Gasteiger partial charge in [0.1, 0.15) is 10.7 Å². The SMILES string of the molecule is Nc1nc2c(c(=O)[nH]1)Nc1ccccc1S2. The van der Waals surface area contributed by atoms with Crippen molar-refractivity contribution in [3.05, 3.63) is 34.6 Å². The summed E-state index contributed by atoms with van der Waals surface area (Å²) < 4.78 is 0. The molecule has 0 amide bonds. The number of benzene rings is 1. The van der Waals surface area contributed by atoms with Crippen LogP contribution in [0.1, 0.15) is 0 Å². The van der Waals surface area contributed by atoms with Crippen LogP contribution < -0.4 is 16.6 Å². The smallest absolute Gasteiger partial charge is 0.277 e. The molecule has 0 saturated heterocycles. The highest BCUT2D eigenvalue weighted by Crippen LogP contribution is 2.41. The van der Waals surface area contributed by atoms with Gasteiger partial charge in [0.15, 0.2) is 0 Å². The van der Waals surface area contributed by atoms with E-state index >= 15 is 0 Å². The first-order valence-electron chi connectivity index (χ1n) is 4.68. The van der Waals surface area contributed by atoms with Crippen molar-refractivity contribution < 1.29 is 0 Å². The minimum absolute atomic E-state index is 0.137. The number of rotatable bonds is 0. The first-order chi connectivity index (χ1) is 7.74. The Morgan fingerprint density at radius 2 is 2.12 bits per heavy atom. The Morgan fingerprint density at radius 1 is 1.31 bits per heavy atom. The van der Waals surface area contributed by atoms with E-state index in [4.69, 9.17) is 5.73 Å². The van der Waals surface area contributed by atoms with Gasteiger partial charge >= 0.3 is 0 Å². The average Bonchev–Trinajstić information content (AvgIpc) is 2.27. The first kappa shape index (κ1) is 9.29. The highest BCUT2D eigenvalue weighted by atomic mass is 32.2. The third kappa shape index (κ3) is 1.35. The van der Waals surface area contributed by atoms with Crippen molar-refractivity contribution in [2.45, 2.75) is 9.92 Å². The molecule has 4 N–H and O–H groups in total. The number of nitrogens with zero attached hydrogens (tertiary/aromatic N) is 1. The molecular weight excluding hydrogens is 224 g/mol. The van der Waals surface area contributed by atoms with E-state index in [-0.39, 0.29) is 11.5 Å². The van der Waals surface area contributed by atoms with Gasteiger partial charge in [-0.2, -0.15) is 0 Å². The molecule has 0 radical (unpaired) electrons. The van der Waals surface area contributed by atoms with E-state index in [2.05, 4.69) is 15.3 Å². The highest BCUT2D eigenvalue weighted by Gasteiger charge is 2.19. The lowest BCUT2D eigenvalue weighted by molar-refractivity contribution is 1.03. The molecule has 0 aliphatic carbocycles. The minimum atomic E-state index is -0.246. The van der Waals surface area contributed by atoms with E-state index in [0.29, 0.717) is 10.7 Å². The van der Waals surface area contributed by atoms with Gasteiger partial charge in [0.05, 0.1) is 5.69 Å². The Bertz CT molecular complexity index is 622. The number of nitrogen functional groups attached to an aromatic ring is 1. The molecular formula is C10H8N4OS. The van der Waals surface area contributed by atoms with Gasteiger partial charge in [0, 0.05) is 4.90 Å². The molecule has 0 bridgehead atoms. The van der Waals surface area contributed by atoms with Crippen molar-refractivity contribution in [1.82, 2.24) is 9.97 Å². The number of anilines is 3. The maximum Gasteiger partial charge on any atom is 0.277 e. The standard InChI is InChI=1S/C10H8N4OS/c11-10-13-8(15)7-9(14-10)16-6-4-2-1-3-5(6)12-7/h1-4,12H,(H3,11,13,14,15). The van der Waals surface area contributed by atoms with Crippen LogP contribution >= 0.6 is 11.8 Å². The third-order valence-electron chi connectivity index (χ3n) is 2.26. The molecule has 1 aliphatic rings. The third-order valence-corrected chi connectivity index (χ3v) is 3.32. The van der Waals surface area contributed by atoms with Gasteiger partial charge in [-0.15, -0.1) is 0 Å². The molecule has 2 heterocycles. The number of hydrogen-bond donors (Lipinski definition) is 3. The molecule has 1 aliphatic heterocycles. The maximum absolute atomic E-state index is 11.6. The van der Waals surface area contributed by atoms with Crippen LogP contribution in [0.25, 0.3) is 0 Å². The lowest BCUT2D eigenvalue weighted by atomic mass is 10.3. The predicted octanol–water partition coefficient (Wildman–Crippen LogP) is 1.56. The number of nitrogens with two attached hydrogens (primary N) is 1. The van der Waals surface area contributed by atoms with Crippen molar-refractivity contribution in [1.29, 1.82) is 0 Å². The van der Waals surface area contributed by atoms with Crippen LogP contribution in [0.5, 0.6) is 0 Å². The van der Waals surface area contributed by atoms with Gasteiger partial charge in [0.25, 0.3) is 5.56 Å². The summed E-state index contributed by atoms with van der Waals surface area (Å²) in [4.78, 5) is 19.2. The van der Waals surface area contributed by atoms with Gasteiger partial charge in [-0.25, -0.2) is 4.98 Å². The Balaban J connectivity index is 2.19. The molecule has 0 unspecified atom stereocenters. The Morgan fingerprint density at radius 3 is 3.00 bits per heavy atom. The fourth-order valence-electron chi connectivity index (χ4n) is 1.55. The number of aromatic amines is 1. The van der Waals surface area contributed by atoms with Gasteiger partial charge in [0.2, 0.25) is 5.95 Å². The summed E-state index contributed by atoms with van der Waals surface area (Å²) in [5.74, 6) is 0.137. The quantitative estimate of drug-likeness (QED) is 0.512. The van der Waals surface area contributed by atoms with Crippen LogP contribution in [0.4, 0.5) is 17.3 Å². The normalized spacial score (nSPS) is 12.5. The van der Waals surface area contributed by atoms with Crippen LogP contribution in [0.2, 0.25) is 0 Å². The predicted molar refractivity (Wildman–Crippen MR) is 63.1 cm³/mol. The van der Waals surface area contributed by atoms with Gasteiger partial charge in [-0.1, -0.05) is 23.9 Å². The van der Waals surface area contributed by atoms with Crippen LogP contribution in [-0.4, -0.2) is 9.97 Å². The second-order valence-corrected chi connectivity index (χ2v) is 4.39. The molecule has 0 atom stereocenters. The number of H-pyrrole nitrogens is 1. The summed E-state index contributed by atoms with van der Waals surface area (Å²) in [5.41, 5.74) is 6.62. The van der Waals surface area contributed by atoms with Crippen molar-refractivity contribution in [3.8, 4) is 0 Å². The summed E-state index contributed by atoms with van der Waals surface area (Å²) in [5, 5.41) is 3.66. The molecule has 80 valence electrons. The summed E-state index contributed by atoms with van der Waals surface area (Å²) in [6.45, 7) is 0. The van der Waals surface area contributed by atoms with E-state index in [1.165, 1.54) is 11.8 Å². The topological polar surface area (TPSA) is 83.8 Å². The number of aromatic nitrogens is 2. The van der Waals surface area contributed by atoms with Crippen LogP contribution in [0.3, 0.4) is 0 Å². The van der Waals surface area contributed by atoms with E-state index < -0.39 is 0 Å². The van der Waals surface area contributed by atoms with Crippen LogP contribution in [-0.2, 0) is 0 Å². The fourth-order valence-corrected chi connectivity index (χ4v) is 2.52. The molecule has 5 nitrogen and oxygen atoms in total. The lowest BCUT2D eigenvalue weighted by Gasteiger charge is -2.18. The average molecular weight is 232 g/mol. The van der Waals surface area contributed by atoms with Crippen molar-refractivity contribution in [3.63, 3.8) is 0 Å². The van der Waals surface area contributed by atoms with Crippen LogP contribution in [0.15, 0.2) is 39.0 Å². The molecule has 1 aromatic heterocycles. The van der Waals surface area contributed by atoms with Gasteiger partial charge < -0.3 is 11.1 Å². The molecule has 0 fully saturated rings. The van der Waals surface area contributed by atoms with Crippen molar-refractivity contribution >= 4 is 29.1 Å². The first-order valence-corrected chi connectivity index (χ1v) is 5.49.